The highest BCUT2D eigenvalue weighted by Gasteiger charge is 2.07. The number of rotatable bonds is 5. The smallest absolute Gasteiger partial charge is 0.170 e. The Kier molecular flexibility index (Phi) is 4.25. The number of ether oxygens (including phenoxy) is 1. The van der Waals surface area contributed by atoms with Crippen molar-refractivity contribution < 1.29 is 9.94 Å². The van der Waals surface area contributed by atoms with E-state index in [0.29, 0.717) is 12.1 Å². The molecule has 0 radical (unpaired) electrons. The Morgan fingerprint density at radius 3 is 2.95 bits per heavy atom. The van der Waals surface area contributed by atoms with Gasteiger partial charge >= 0.3 is 0 Å². The fourth-order valence-corrected chi connectivity index (χ4v) is 2.31. The van der Waals surface area contributed by atoms with Gasteiger partial charge in [-0.15, -0.1) is 0 Å². The number of benzene rings is 1. The average molecular weight is 277 g/mol. The molecule has 1 aromatic heterocycles. The molecule has 6 heteroatoms. The van der Waals surface area contributed by atoms with Gasteiger partial charge in [-0.25, -0.2) is 0 Å². The summed E-state index contributed by atoms with van der Waals surface area (Å²) in [5, 5.41) is 19.0. The number of hydrogen-bond acceptors (Lipinski definition) is 5. The predicted octanol–water partition coefficient (Wildman–Crippen LogP) is 2.46. The highest BCUT2D eigenvalue weighted by Crippen LogP contribution is 2.22. The lowest BCUT2D eigenvalue weighted by atomic mass is 10.1. The molecule has 100 valence electrons. The maximum absolute atomic E-state index is 8.70. The van der Waals surface area contributed by atoms with Gasteiger partial charge in [0.05, 0.1) is 7.11 Å². The molecule has 2 aromatic rings. The van der Waals surface area contributed by atoms with Crippen LogP contribution in [0.5, 0.6) is 5.75 Å². The van der Waals surface area contributed by atoms with Crippen molar-refractivity contribution in [1.82, 2.24) is 0 Å². The molecule has 0 fully saturated rings. The number of thiophene rings is 1. The second-order valence-corrected chi connectivity index (χ2v) is 4.66. The van der Waals surface area contributed by atoms with E-state index in [1.165, 1.54) is 0 Å². The standard InChI is InChI=1S/C13H15N3O2S/c1-18-12-3-2-9(13(14)16-17)6-10(12)7-15-11-4-5-19-8-11/h2-6,8,15,17H,7H2,1H3,(H2,14,16). The van der Waals surface area contributed by atoms with E-state index >= 15 is 0 Å². The molecule has 1 heterocycles. The zero-order chi connectivity index (χ0) is 13.7. The number of nitrogens with two attached hydrogens (primary N) is 1. The van der Waals surface area contributed by atoms with E-state index in [1.807, 2.05) is 22.9 Å². The normalized spacial score (nSPS) is 11.3. The van der Waals surface area contributed by atoms with Crippen LogP contribution in [0.15, 0.2) is 40.2 Å². The van der Waals surface area contributed by atoms with Gasteiger partial charge in [-0.3, -0.25) is 0 Å². The monoisotopic (exact) mass is 277 g/mol. The van der Waals surface area contributed by atoms with Gasteiger partial charge in [0, 0.05) is 28.7 Å². The van der Waals surface area contributed by atoms with Crippen molar-refractivity contribution in [1.29, 1.82) is 0 Å². The average Bonchev–Trinajstić information content (AvgIpc) is 2.97. The quantitative estimate of drug-likeness (QED) is 0.339. The first-order valence-corrected chi connectivity index (χ1v) is 6.59. The van der Waals surface area contributed by atoms with Gasteiger partial charge in [0.2, 0.25) is 0 Å². The Morgan fingerprint density at radius 1 is 1.47 bits per heavy atom. The minimum absolute atomic E-state index is 0.0828. The Labute approximate surface area is 115 Å². The third-order valence-corrected chi connectivity index (χ3v) is 3.37. The molecule has 2 rings (SSSR count). The molecular weight excluding hydrogens is 262 g/mol. The topological polar surface area (TPSA) is 79.9 Å². The summed E-state index contributed by atoms with van der Waals surface area (Å²) in [6.45, 7) is 0.604. The molecular formula is C13H15N3O2S. The summed E-state index contributed by atoms with van der Waals surface area (Å²) in [5.41, 5.74) is 8.24. The van der Waals surface area contributed by atoms with E-state index in [2.05, 4.69) is 10.5 Å². The summed E-state index contributed by atoms with van der Waals surface area (Å²) >= 11 is 1.63. The van der Waals surface area contributed by atoms with Gasteiger partial charge in [0.25, 0.3) is 0 Å². The second kappa shape index (κ2) is 6.10. The lowest BCUT2D eigenvalue weighted by Gasteiger charge is -2.11. The van der Waals surface area contributed by atoms with E-state index in [-0.39, 0.29) is 5.84 Å². The fourth-order valence-electron chi connectivity index (χ4n) is 1.70. The van der Waals surface area contributed by atoms with Gasteiger partial charge in [-0.2, -0.15) is 11.3 Å². The molecule has 0 aliphatic carbocycles. The van der Waals surface area contributed by atoms with Gasteiger partial charge < -0.3 is 21.0 Å². The molecule has 19 heavy (non-hydrogen) atoms. The zero-order valence-electron chi connectivity index (χ0n) is 10.5. The summed E-state index contributed by atoms with van der Waals surface area (Å²) in [7, 11) is 1.62. The fraction of sp³-hybridized carbons (Fsp3) is 0.154. The van der Waals surface area contributed by atoms with Crippen molar-refractivity contribution in [3.63, 3.8) is 0 Å². The number of nitrogens with zero attached hydrogens (tertiary/aromatic N) is 1. The third kappa shape index (κ3) is 3.17. The maximum Gasteiger partial charge on any atom is 0.170 e. The molecule has 0 saturated heterocycles. The summed E-state index contributed by atoms with van der Waals surface area (Å²) in [6, 6.07) is 7.40. The van der Waals surface area contributed by atoms with Crippen molar-refractivity contribution >= 4 is 22.9 Å². The molecule has 4 N–H and O–H groups in total. The molecule has 0 bridgehead atoms. The lowest BCUT2D eigenvalue weighted by Crippen LogP contribution is -2.14. The number of hydrogen-bond donors (Lipinski definition) is 3. The molecule has 0 unspecified atom stereocenters. The number of anilines is 1. The van der Waals surface area contributed by atoms with Gasteiger partial charge in [0.1, 0.15) is 5.75 Å². The third-order valence-electron chi connectivity index (χ3n) is 2.69. The van der Waals surface area contributed by atoms with Crippen molar-refractivity contribution in [2.45, 2.75) is 6.54 Å². The number of methoxy groups -OCH3 is 1. The van der Waals surface area contributed by atoms with E-state index in [1.54, 1.807) is 30.6 Å². The number of nitrogens with one attached hydrogen (secondary N) is 1. The van der Waals surface area contributed by atoms with Crippen LogP contribution in [0.4, 0.5) is 5.69 Å². The highest BCUT2D eigenvalue weighted by molar-refractivity contribution is 7.08. The first-order valence-electron chi connectivity index (χ1n) is 5.65. The minimum Gasteiger partial charge on any atom is -0.496 e. The predicted molar refractivity (Wildman–Crippen MR) is 77.2 cm³/mol. The van der Waals surface area contributed by atoms with Crippen LogP contribution in [-0.2, 0) is 6.54 Å². The largest absolute Gasteiger partial charge is 0.496 e. The molecule has 0 atom stereocenters. The van der Waals surface area contributed by atoms with Crippen LogP contribution in [0, 0.1) is 0 Å². The highest BCUT2D eigenvalue weighted by atomic mass is 32.1. The van der Waals surface area contributed by atoms with Gasteiger partial charge in [-0.05, 0) is 29.6 Å². The molecule has 0 aliphatic heterocycles. The molecule has 0 aliphatic rings. The van der Waals surface area contributed by atoms with Gasteiger partial charge in [-0.1, -0.05) is 5.16 Å². The molecule has 5 nitrogen and oxygen atoms in total. The second-order valence-electron chi connectivity index (χ2n) is 3.88. The van der Waals surface area contributed by atoms with Crippen LogP contribution in [0.1, 0.15) is 11.1 Å². The first kappa shape index (κ1) is 13.2. The van der Waals surface area contributed by atoms with Crippen molar-refractivity contribution in [2.24, 2.45) is 10.9 Å². The van der Waals surface area contributed by atoms with Crippen LogP contribution >= 0.6 is 11.3 Å². The Morgan fingerprint density at radius 2 is 2.32 bits per heavy atom. The molecule has 0 spiro atoms. The molecule has 0 saturated carbocycles. The summed E-state index contributed by atoms with van der Waals surface area (Å²) in [6.07, 6.45) is 0. The van der Waals surface area contributed by atoms with Crippen LogP contribution in [0.25, 0.3) is 0 Å². The number of oxime groups is 1. The Bertz CT molecular complexity index is 567. The van der Waals surface area contributed by atoms with Gasteiger partial charge in [0.15, 0.2) is 5.84 Å². The lowest BCUT2D eigenvalue weighted by molar-refractivity contribution is 0.318. The van der Waals surface area contributed by atoms with Crippen molar-refractivity contribution in [2.75, 3.05) is 12.4 Å². The van der Waals surface area contributed by atoms with E-state index in [0.717, 1.165) is 17.0 Å². The van der Waals surface area contributed by atoms with Crippen LogP contribution < -0.4 is 15.8 Å². The van der Waals surface area contributed by atoms with Crippen molar-refractivity contribution in [3.8, 4) is 5.75 Å². The summed E-state index contributed by atoms with van der Waals surface area (Å²) in [5.74, 6) is 0.844. The van der Waals surface area contributed by atoms with E-state index in [4.69, 9.17) is 15.7 Å². The van der Waals surface area contributed by atoms with Crippen LogP contribution in [0.2, 0.25) is 0 Å². The first-order chi connectivity index (χ1) is 9.24. The molecule has 0 amide bonds. The minimum atomic E-state index is 0.0828. The maximum atomic E-state index is 8.70. The van der Waals surface area contributed by atoms with E-state index in [9.17, 15) is 0 Å². The van der Waals surface area contributed by atoms with Crippen LogP contribution in [0.3, 0.4) is 0 Å². The number of amidine groups is 1. The SMILES string of the molecule is COc1ccc(/C(N)=N/O)cc1CNc1ccsc1. The molecule has 1 aromatic carbocycles. The summed E-state index contributed by atoms with van der Waals surface area (Å²) in [4.78, 5) is 0. The van der Waals surface area contributed by atoms with E-state index < -0.39 is 0 Å². The Hall–Kier alpha value is -2.21. The van der Waals surface area contributed by atoms with Crippen LogP contribution in [-0.4, -0.2) is 18.2 Å². The summed E-state index contributed by atoms with van der Waals surface area (Å²) < 4.78 is 5.30. The Balaban J connectivity index is 2.21. The zero-order valence-corrected chi connectivity index (χ0v) is 11.3. The van der Waals surface area contributed by atoms with Crippen molar-refractivity contribution in [3.05, 3.63) is 46.2 Å².